The molecule has 1 aliphatic heterocycles. The summed E-state index contributed by atoms with van der Waals surface area (Å²) in [6.07, 6.45) is 3.15. The monoisotopic (exact) mass is 445 g/mol. The minimum absolute atomic E-state index is 0.172. The van der Waals surface area contributed by atoms with Gasteiger partial charge >= 0.3 is 0 Å². The molecule has 1 fully saturated rings. The van der Waals surface area contributed by atoms with Gasteiger partial charge in [0.25, 0.3) is 5.91 Å². The Balaban J connectivity index is 1.51. The molecule has 2 heterocycles. The van der Waals surface area contributed by atoms with Gasteiger partial charge in [-0.2, -0.15) is 0 Å². The maximum absolute atomic E-state index is 11.0. The first-order chi connectivity index (χ1) is 16.0. The van der Waals surface area contributed by atoms with Gasteiger partial charge in [-0.05, 0) is 73.7 Å². The van der Waals surface area contributed by atoms with E-state index in [-0.39, 0.29) is 12.6 Å². The minimum atomic E-state index is -0.515. The van der Waals surface area contributed by atoms with E-state index < -0.39 is 5.91 Å². The summed E-state index contributed by atoms with van der Waals surface area (Å²) in [5.74, 6) is 0.602. The van der Waals surface area contributed by atoms with Crippen molar-refractivity contribution in [2.75, 3.05) is 20.3 Å². The van der Waals surface area contributed by atoms with Crippen molar-refractivity contribution in [3.05, 3.63) is 88.7 Å². The zero-order valence-corrected chi connectivity index (χ0v) is 19.3. The number of aromatic nitrogens is 1. The summed E-state index contributed by atoms with van der Waals surface area (Å²) in [5, 5.41) is 0. The number of likely N-dealkylation sites (tertiary alicyclic amines) is 1. The fourth-order valence-electron chi connectivity index (χ4n) is 4.54. The number of benzene rings is 2. The average molecular weight is 446 g/mol. The first-order valence-corrected chi connectivity index (χ1v) is 11.4. The molecule has 0 bridgehead atoms. The Bertz CT molecular complexity index is 1100. The second-order valence-electron chi connectivity index (χ2n) is 8.57. The Morgan fingerprint density at radius 3 is 2.64 bits per heavy atom. The molecular weight excluding hydrogens is 414 g/mol. The van der Waals surface area contributed by atoms with Crippen LogP contribution < -0.4 is 15.2 Å². The number of hydrogen-bond donors (Lipinski definition) is 1. The maximum atomic E-state index is 11.0. The maximum Gasteiger partial charge on any atom is 0.255 e. The number of carbonyl (C=O) groups is 1. The molecule has 1 atom stereocenters. The number of aryl methyl sites for hydroxylation is 1. The van der Waals surface area contributed by atoms with Gasteiger partial charge in [-0.3, -0.25) is 14.7 Å². The van der Waals surface area contributed by atoms with Crippen molar-refractivity contribution in [3.8, 4) is 11.5 Å². The summed E-state index contributed by atoms with van der Waals surface area (Å²) in [4.78, 5) is 18.4. The molecule has 1 unspecified atom stereocenters. The molecule has 0 radical (unpaired) electrons. The summed E-state index contributed by atoms with van der Waals surface area (Å²) in [6.45, 7) is 3.72. The number of nitrogens with two attached hydrogens (primary N) is 1. The van der Waals surface area contributed by atoms with Gasteiger partial charge in [0, 0.05) is 12.2 Å². The second kappa shape index (κ2) is 10.5. The van der Waals surface area contributed by atoms with Crippen LogP contribution in [-0.2, 0) is 17.8 Å². The number of rotatable bonds is 9. The minimum Gasteiger partial charge on any atom is -0.493 e. The molecule has 1 aromatic heterocycles. The highest BCUT2D eigenvalue weighted by Gasteiger charge is 2.28. The van der Waals surface area contributed by atoms with Crippen molar-refractivity contribution in [1.29, 1.82) is 0 Å². The highest BCUT2D eigenvalue weighted by atomic mass is 16.5. The van der Waals surface area contributed by atoms with Gasteiger partial charge in [-0.1, -0.05) is 36.4 Å². The smallest absolute Gasteiger partial charge is 0.255 e. The third kappa shape index (κ3) is 5.90. The zero-order valence-electron chi connectivity index (χ0n) is 19.3. The van der Waals surface area contributed by atoms with Crippen molar-refractivity contribution < 1.29 is 14.3 Å². The van der Waals surface area contributed by atoms with E-state index >= 15 is 0 Å². The zero-order chi connectivity index (χ0) is 23.2. The van der Waals surface area contributed by atoms with Crippen LogP contribution in [0.1, 0.15) is 47.0 Å². The van der Waals surface area contributed by atoms with Crippen LogP contribution in [0.3, 0.4) is 0 Å². The van der Waals surface area contributed by atoms with Gasteiger partial charge in [0.1, 0.15) is 0 Å². The van der Waals surface area contributed by atoms with Crippen molar-refractivity contribution in [2.45, 2.75) is 38.8 Å². The predicted octanol–water partition coefficient (Wildman–Crippen LogP) is 4.19. The molecule has 3 aromatic rings. The lowest BCUT2D eigenvalue weighted by Crippen LogP contribution is -2.24. The van der Waals surface area contributed by atoms with Crippen molar-refractivity contribution in [3.63, 3.8) is 0 Å². The first kappa shape index (κ1) is 22.8. The Labute approximate surface area is 195 Å². The normalized spacial score (nSPS) is 16.0. The van der Waals surface area contributed by atoms with Gasteiger partial charge in [-0.15, -0.1) is 0 Å². The van der Waals surface area contributed by atoms with Gasteiger partial charge in [0.2, 0.25) is 0 Å². The van der Waals surface area contributed by atoms with E-state index in [9.17, 15) is 4.79 Å². The van der Waals surface area contributed by atoms with E-state index in [0.717, 1.165) is 49.3 Å². The van der Waals surface area contributed by atoms with Crippen LogP contribution in [0, 0.1) is 6.92 Å². The Kier molecular flexibility index (Phi) is 7.25. The number of pyridine rings is 1. The van der Waals surface area contributed by atoms with E-state index in [4.69, 9.17) is 20.2 Å². The number of hydrogen-bond acceptors (Lipinski definition) is 5. The number of methoxy groups -OCH3 is 1. The van der Waals surface area contributed by atoms with Gasteiger partial charge < -0.3 is 15.2 Å². The number of nitrogens with zero attached hydrogens (tertiary/aromatic N) is 2. The fourth-order valence-corrected chi connectivity index (χ4v) is 4.54. The van der Waals surface area contributed by atoms with Crippen LogP contribution in [0.25, 0.3) is 0 Å². The Morgan fingerprint density at radius 1 is 1.06 bits per heavy atom. The number of amides is 1. The van der Waals surface area contributed by atoms with Gasteiger partial charge in [0.15, 0.2) is 18.1 Å². The molecule has 1 saturated heterocycles. The van der Waals surface area contributed by atoms with Crippen molar-refractivity contribution >= 4 is 5.91 Å². The number of carbonyl (C=O) groups excluding carboxylic acids is 1. The molecule has 6 nitrogen and oxygen atoms in total. The quantitative estimate of drug-likeness (QED) is 0.534. The van der Waals surface area contributed by atoms with Crippen LogP contribution in [-0.4, -0.2) is 36.1 Å². The molecular formula is C27H31N3O3. The molecule has 4 rings (SSSR count). The third-order valence-electron chi connectivity index (χ3n) is 5.97. The van der Waals surface area contributed by atoms with Gasteiger partial charge in [-0.25, -0.2) is 0 Å². The van der Waals surface area contributed by atoms with E-state index in [1.165, 1.54) is 11.1 Å². The average Bonchev–Trinajstić information content (AvgIpc) is 3.26. The molecule has 6 heteroatoms. The van der Waals surface area contributed by atoms with Gasteiger partial charge in [0.05, 0.1) is 18.8 Å². The predicted molar refractivity (Wildman–Crippen MR) is 128 cm³/mol. The summed E-state index contributed by atoms with van der Waals surface area (Å²) >= 11 is 0. The van der Waals surface area contributed by atoms with Crippen LogP contribution in [0.2, 0.25) is 0 Å². The van der Waals surface area contributed by atoms with E-state index in [1.54, 1.807) is 7.11 Å². The summed E-state index contributed by atoms with van der Waals surface area (Å²) in [5.41, 5.74) is 11.1. The van der Waals surface area contributed by atoms with Crippen LogP contribution >= 0.6 is 0 Å². The summed E-state index contributed by atoms with van der Waals surface area (Å²) < 4.78 is 10.9. The van der Waals surface area contributed by atoms with Crippen LogP contribution in [0.4, 0.5) is 0 Å². The lowest BCUT2D eigenvalue weighted by atomic mass is 10.0. The number of ether oxygens (including phenoxy) is 2. The first-order valence-electron chi connectivity index (χ1n) is 11.4. The van der Waals surface area contributed by atoms with E-state index in [0.29, 0.717) is 11.5 Å². The lowest BCUT2D eigenvalue weighted by molar-refractivity contribution is -0.119. The molecule has 2 N–H and O–H groups in total. The summed E-state index contributed by atoms with van der Waals surface area (Å²) in [6, 6.07) is 21.1. The molecule has 172 valence electrons. The van der Waals surface area contributed by atoms with Crippen LogP contribution in [0.15, 0.2) is 60.7 Å². The highest BCUT2D eigenvalue weighted by Crippen LogP contribution is 2.35. The van der Waals surface area contributed by atoms with Crippen molar-refractivity contribution in [1.82, 2.24) is 9.88 Å². The molecule has 0 aliphatic carbocycles. The topological polar surface area (TPSA) is 77.7 Å². The summed E-state index contributed by atoms with van der Waals surface area (Å²) in [7, 11) is 1.60. The standard InChI is InChI=1S/C27H31N3O3/c1-19-13-22(14-20-7-4-3-5-8-20)15-23(29-19)24-9-6-12-30(24)17-21-10-11-25(26(16-21)32-2)33-18-27(28)31/h3-5,7-8,10-11,13,15-16,24H,6,9,12,14,17-18H2,1-2H3,(H2,28,31). The van der Waals surface area contributed by atoms with Crippen molar-refractivity contribution in [2.24, 2.45) is 5.73 Å². The fraction of sp³-hybridized carbons (Fsp3) is 0.333. The SMILES string of the molecule is COc1cc(CN2CCCC2c2cc(Cc3ccccc3)cc(C)n2)ccc1OCC(N)=O. The van der Waals surface area contributed by atoms with E-state index in [1.807, 2.05) is 18.2 Å². The lowest BCUT2D eigenvalue weighted by Gasteiger charge is -2.25. The molecule has 1 amide bonds. The molecule has 0 spiro atoms. The third-order valence-corrected chi connectivity index (χ3v) is 5.97. The molecule has 33 heavy (non-hydrogen) atoms. The highest BCUT2D eigenvalue weighted by molar-refractivity contribution is 5.75. The second-order valence-corrected chi connectivity index (χ2v) is 8.57. The molecule has 0 saturated carbocycles. The molecule has 2 aromatic carbocycles. The molecule has 1 aliphatic rings. The van der Waals surface area contributed by atoms with Crippen LogP contribution in [0.5, 0.6) is 11.5 Å². The Morgan fingerprint density at radius 2 is 1.88 bits per heavy atom. The number of primary amides is 1. The Hall–Kier alpha value is -3.38. The van der Waals surface area contributed by atoms with E-state index in [2.05, 4.69) is 54.3 Å². The largest absolute Gasteiger partial charge is 0.493 e.